The van der Waals surface area contributed by atoms with E-state index >= 15 is 0 Å². The Morgan fingerprint density at radius 2 is 0.443 bits per heavy atom. The van der Waals surface area contributed by atoms with Gasteiger partial charge in [0.15, 0.2) is 36.8 Å². The van der Waals surface area contributed by atoms with Crippen LogP contribution in [0.5, 0.6) is 0 Å². The largest absolute Gasteiger partial charge is 0.459 e. The van der Waals surface area contributed by atoms with Crippen LogP contribution in [0, 0.1) is 0 Å². The van der Waals surface area contributed by atoms with Crippen molar-refractivity contribution < 1.29 is 90.5 Å². The molecule has 0 bridgehead atoms. The predicted octanol–water partition coefficient (Wildman–Crippen LogP) is 9.56. The molecule has 0 amide bonds. The standard InChI is InChI=1S/C69H56O19/c70-61(44-25-9-1-10-26-44)78-41-52-55(83-64(73)47-31-15-4-16-32-47)58(85-66(75)49-35-19-6-20-36-49)57(53(81-52)42-79-62(71)45-27-11-2-12-28-45)88-69-60(87-68(77)51-39-23-8-24-40-51)59(86-67(76)50-37-21-7-22-38-50)56(84-65(74)48-33-17-5-18-34-48)54(82-69)43-80-63(72)46-29-13-3-14-30-46/h1-40,52-60,69H,41-43H2/t52-,53-,54-,55-,56-,57-,58+,59+,60-,69-/m1/s1. The van der Waals surface area contributed by atoms with Gasteiger partial charge in [-0.15, -0.1) is 0 Å². The SMILES string of the molecule is O=C(OC[C@H]1O[C@H](COC(=O)c2ccccc2)[C@@H](O[C@H]2O[C@H](COC(=O)c3ccccc3)[C@@H](OC(=O)c3ccccc3)[C@H](OC(=O)c3ccccc3)[C@H]2OC(=O)c2ccccc2)[C@@H](OC(=O)c2ccccc2)[C@@H]1OC(=O)c1ccccc1)c1ccccc1. The summed E-state index contributed by atoms with van der Waals surface area (Å²) in [5.41, 5.74) is 0.402. The molecule has 2 aliphatic rings. The Morgan fingerprint density at radius 1 is 0.239 bits per heavy atom. The third-order valence-corrected chi connectivity index (χ3v) is 14.0. The van der Waals surface area contributed by atoms with E-state index < -0.39 is 129 Å². The van der Waals surface area contributed by atoms with Crippen LogP contribution in [-0.2, 0) is 52.1 Å². The summed E-state index contributed by atoms with van der Waals surface area (Å²) in [6.07, 6.45) is -18.4. The van der Waals surface area contributed by atoms with E-state index in [2.05, 4.69) is 0 Å². The number of carbonyl (C=O) groups is 8. The molecule has 0 unspecified atom stereocenters. The summed E-state index contributed by atoms with van der Waals surface area (Å²) in [5.74, 6) is -7.55. The van der Waals surface area contributed by atoms with Gasteiger partial charge in [-0.25, -0.2) is 38.4 Å². The number of carbonyl (C=O) groups excluding carboxylic acids is 8. The Morgan fingerprint density at radius 3 is 0.716 bits per heavy atom. The second kappa shape index (κ2) is 29.5. The summed E-state index contributed by atoms with van der Waals surface area (Å²) in [5, 5.41) is 0. The first kappa shape index (κ1) is 60.5. The van der Waals surface area contributed by atoms with Gasteiger partial charge in [-0.3, -0.25) is 0 Å². The molecule has 2 aliphatic heterocycles. The van der Waals surface area contributed by atoms with Crippen molar-refractivity contribution in [1.82, 2.24) is 0 Å². The lowest BCUT2D eigenvalue weighted by Crippen LogP contribution is -2.67. The monoisotopic (exact) mass is 1190 g/mol. The van der Waals surface area contributed by atoms with E-state index in [9.17, 15) is 38.4 Å². The van der Waals surface area contributed by atoms with Gasteiger partial charge in [0, 0.05) is 0 Å². The summed E-state index contributed by atoms with van der Waals surface area (Å²) in [7, 11) is 0. The number of hydrogen-bond acceptors (Lipinski definition) is 19. The summed E-state index contributed by atoms with van der Waals surface area (Å²) in [4.78, 5) is 114. The molecule has 19 nitrogen and oxygen atoms in total. The molecular formula is C69H56O19. The van der Waals surface area contributed by atoms with Crippen molar-refractivity contribution in [3.05, 3.63) is 287 Å². The van der Waals surface area contributed by atoms with Crippen molar-refractivity contribution in [2.24, 2.45) is 0 Å². The highest BCUT2D eigenvalue weighted by molar-refractivity contribution is 5.93. The Bertz CT molecular complexity index is 3640. The van der Waals surface area contributed by atoms with Crippen LogP contribution in [0.4, 0.5) is 0 Å². The lowest BCUT2D eigenvalue weighted by molar-refractivity contribution is -0.339. The van der Waals surface area contributed by atoms with Gasteiger partial charge in [0.1, 0.15) is 44.2 Å². The quantitative estimate of drug-likeness (QED) is 0.0480. The van der Waals surface area contributed by atoms with Crippen LogP contribution in [0.15, 0.2) is 243 Å². The maximum absolute atomic E-state index is 14.7. The minimum absolute atomic E-state index is 0.000157. The Labute approximate surface area is 504 Å². The zero-order valence-corrected chi connectivity index (χ0v) is 46.7. The molecule has 446 valence electrons. The van der Waals surface area contributed by atoms with Crippen LogP contribution in [0.25, 0.3) is 0 Å². The number of benzene rings is 8. The Balaban J connectivity index is 1.13. The van der Waals surface area contributed by atoms with E-state index in [1.54, 1.807) is 146 Å². The molecule has 19 heteroatoms. The molecule has 0 N–H and O–H groups in total. The normalized spacial score (nSPS) is 21.2. The zero-order valence-electron chi connectivity index (χ0n) is 46.7. The summed E-state index contributed by atoms with van der Waals surface area (Å²) in [6, 6.07) is 62.3. The van der Waals surface area contributed by atoms with Crippen molar-refractivity contribution in [2.75, 3.05) is 19.8 Å². The maximum atomic E-state index is 14.7. The third kappa shape index (κ3) is 15.4. The highest BCUT2D eigenvalue weighted by atomic mass is 16.8. The molecular weight excluding hydrogens is 1130 g/mol. The van der Waals surface area contributed by atoms with Crippen molar-refractivity contribution in [3.63, 3.8) is 0 Å². The van der Waals surface area contributed by atoms with E-state index in [-0.39, 0.29) is 44.5 Å². The van der Waals surface area contributed by atoms with Crippen molar-refractivity contribution in [2.45, 2.75) is 61.2 Å². The second-order valence-electron chi connectivity index (χ2n) is 19.9. The molecule has 8 aromatic rings. The van der Waals surface area contributed by atoms with Crippen LogP contribution in [0.2, 0.25) is 0 Å². The van der Waals surface area contributed by atoms with Crippen LogP contribution < -0.4 is 0 Å². The van der Waals surface area contributed by atoms with Gasteiger partial charge < -0.3 is 52.1 Å². The lowest BCUT2D eigenvalue weighted by Gasteiger charge is -2.49. The highest BCUT2D eigenvalue weighted by Crippen LogP contribution is 2.37. The van der Waals surface area contributed by atoms with E-state index in [1.807, 2.05) is 0 Å². The molecule has 10 atom stereocenters. The lowest BCUT2D eigenvalue weighted by atomic mass is 9.93. The van der Waals surface area contributed by atoms with Crippen molar-refractivity contribution >= 4 is 47.8 Å². The van der Waals surface area contributed by atoms with Gasteiger partial charge in [0.2, 0.25) is 0 Å². The summed E-state index contributed by atoms with van der Waals surface area (Å²) in [6.45, 7) is -2.20. The highest BCUT2D eigenvalue weighted by Gasteiger charge is 2.58. The van der Waals surface area contributed by atoms with Crippen molar-refractivity contribution in [3.8, 4) is 0 Å². The van der Waals surface area contributed by atoms with Gasteiger partial charge in [0.25, 0.3) is 0 Å². The minimum atomic E-state index is -2.11. The summed E-state index contributed by atoms with van der Waals surface area (Å²) < 4.78 is 70.0. The van der Waals surface area contributed by atoms with Gasteiger partial charge in [-0.1, -0.05) is 146 Å². The van der Waals surface area contributed by atoms with Crippen LogP contribution >= 0.6 is 0 Å². The number of rotatable bonds is 21. The average Bonchev–Trinajstić information content (AvgIpc) is 2.54. The maximum Gasteiger partial charge on any atom is 0.338 e. The van der Waals surface area contributed by atoms with Crippen LogP contribution in [0.1, 0.15) is 82.9 Å². The molecule has 0 aliphatic carbocycles. The smallest absolute Gasteiger partial charge is 0.338 e. The molecule has 88 heavy (non-hydrogen) atoms. The molecule has 2 saturated heterocycles. The number of ether oxygens (including phenoxy) is 11. The van der Waals surface area contributed by atoms with Gasteiger partial charge in [-0.2, -0.15) is 0 Å². The Kier molecular flexibility index (Phi) is 20.3. The molecule has 0 aromatic heterocycles. The number of esters is 8. The Hall–Kier alpha value is -10.6. The molecule has 0 radical (unpaired) electrons. The topological polar surface area (TPSA) is 238 Å². The molecule has 2 fully saturated rings. The van der Waals surface area contributed by atoms with E-state index in [0.717, 1.165) is 0 Å². The van der Waals surface area contributed by atoms with Gasteiger partial charge >= 0.3 is 47.8 Å². The second-order valence-corrected chi connectivity index (χ2v) is 19.9. The average molecular weight is 1190 g/mol. The fourth-order valence-electron chi connectivity index (χ4n) is 9.65. The van der Waals surface area contributed by atoms with Crippen LogP contribution in [0.3, 0.4) is 0 Å². The molecule has 0 spiro atoms. The first-order valence-electron chi connectivity index (χ1n) is 27.9. The molecule has 2 heterocycles. The summed E-state index contributed by atoms with van der Waals surface area (Å²) >= 11 is 0. The predicted molar refractivity (Wildman–Crippen MR) is 311 cm³/mol. The van der Waals surface area contributed by atoms with Gasteiger partial charge in [0.05, 0.1) is 44.5 Å². The molecule has 10 rings (SSSR count). The molecule has 8 aromatic carbocycles. The first-order chi connectivity index (χ1) is 43.0. The van der Waals surface area contributed by atoms with Crippen LogP contribution in [-0.4, -0.2) is 129 Å². The van der Waals surface area contributed by atoms with Crippen molar-refractivity contribution in [1.29, 1.82) is 0 Å². The number of hydrogen-bond donors (Lipinski definition) is 0. The van der Waals surface area contributed by atoms with E-state index in [1.165, 1.54) is 97.1 Å². The fourth-order valence-corrected chi connectivity index (χ4v) is 9.65. The van der Waals surface area contributed by atoms with E-state index in [4.69, 9.17) is 52.1 Å². The van der Waals surface area contributed by atoms with Gasteiger partial charge in [-0.05, 0) is 97.1 Å². The first-order valence-corrected chi connectivity index (χ1v) is 27.9. The minimum Gasteiger partial charge on any atom is -0.459 e. The fraction of sp³-hybridized carbons (Fsp3) is 0.188. The third-order valence-electron chi connectivity index (χ3n) is 14.0. The van der Waals surface area contributed by atoms with E-state index in [0.29, 0.717) is 0 Å². The molecule has 0 saturated carbocycles. The zero-order chi connectivity index (χ0) is 61.2.